The van der Waals surface area contributed by atoms with Crippen LogP contribution >= 0.6 is 0 Å². The molecule has 0 N–H and O–H groups in total. The van der Waals surface area contributed by atoms with E-state index in [0.717, 1.165) is 24.1 Å². The third-order valence-electron chi connectivity index (χ3n) is 1.72. The molecule has 0 aliphatic heterocycles. The van der Waals surface area contributed by atoms with Crippen molar-refractivity contribution in [1.82, 2.24) is 4.98 Å². The highest BCUT2D eigenvalue weighted by atomic mass is 14.7. The lowest BCUT2D eigenvalue weighted by molar-refractivity contribution is 0.921. The van der Waals surface area contributed by atoms with Crippen molar-refractivity contribution in [3.8, 4) is 0 Å². The Morgan fingerprint density at radius 1 is 1.50 bits per heavy atom. The number of aromatic nitrogens is 1. The average Bonchev–Trinajstić information content (AvgIpc) is 2.16. The molecule has 0 bridgehead atoms. The summed E-state index contributed by atoms with van der Waals surface area (Å²) in [5, 5.41) is 0. The number of rotatable bonds is 4. The zero-order chi connectivity index (χ0) is 8.81. The first-order valence-corrected chi connectivity index (χ1v) is 4.03. The number of aryl methyl sites for hydroxylation is 1. The molecule has 0 radical (unpaired) electrons. The zero-order valence-electron chi connectivity index (χ0n) is 7.16. The third kappa shape index (κ3) is 2.70. The molecule has 1 heterocycles. The molecule has 0 saturated heterocycles. The molecule has 0 aliphatic carbocycles. The average molecular weight is 159 g/mol. The summed E-state index contributed by atoms with van der Waals surface area (Å²) in [7, 11) is 0. The molecule has 1 rings (SSSR count). The molecule has 0 fully saturated rings. The second kappa shape index (κ2) is 4.50. The highest BCUT2D eigenvalue weighted by molar-refractivity contribution is 5.13. The predicted molar refractivity (Wildman–Crippen MR) is 51.9 cm³/mol. The number of nitrogens with zero attached hydrogens (tertiary/aromatic N) is 1. The van der Waals surface area contributed by atoms with Crippen molar-refractivity contribution in [2.75, 3.05) is 0 Å². The first-order chi connectivity index (χ1) is 5.83. The van der Waals surface area contributed by atoms with Crippen molar-refractivity contribution in [3.05, 3.63) is 54.9 Å². The van der Waals surface area contributed by atoms with Gasteiger partial charge in [-0.3, -0.25) is 4.98 Å². The summed E-state index contributed by atoms with van der Waals surface area (Å²) in [6, 6.07) is 5.95. The molecular weight excluding hydrogens is 146 g/mol. The fourth-order valence-electron chi connectivity index (χ4n) is 0.937. The lowest BCUT2D eigenvalue weighted by Crippen LogP contribution is -1.88. The lowest BCUT2D eigenvalue weighted by atomic mass is 10.1. The summed E-state index contributed by atoms with van der Waals surface area (Å²) in [5.74, 6) is 0. The molecule has 0 unspecified atom stereocenters. The standard InChI is InChI=1S/C11H13N/c1-3-10(2)7-8-11-6-4-5-9-12-11/h3-6,9H,1-2,7-8H2. The van der Waals surface area contributed by atoms with E-state index in [2.05, 4.69) is 18.1 Å². The minimum absolute atomic E-state index is 0.945. The van der Waals surface area contributed by atoms with Crippen LogP contribution in [-0.4, -0.2) is 4.98 Å². The highest BCUT2D eigenvalue weighted by Gasteiger charge is 1.92. The van der Waals surface area contributed by atoms with Crippen LogP contribution in [0.25, 0.3) is 0 Å². The van der Waals surface area contributed by atoms with Crippen LogP contribution in [0.3, 0.4) is 0 Å². The van der Waals surface area contributed by atoms with Gasteiger partial charge in [-0.05, 0) is 25.0 Å². The molecule has 1 aromatic rings. The summed E-state index contributed by atoms with van der Waals surface area (Å²) in [6.07, 6.45) is 5.50. The molecule has 1 heteroatoms. The minimum atomic E-state index is 0.945. The Morgan fingerprint density at radius 2 is 2.33 bits per heavy atom. The normalized spacial score (nSPS) is 9.33. The van der Waals surface area contributed by atoms with Gasteiger partial charge in [-0.25, -0.2) is 0 Å². The van der Waals surface area contributed by atoms with Gasteiger partial charge in [0.2, 0.25) is 0 Å². The topological polar surface area (TPSA) is 12.9 Å². The summed E-state index contributed by atoms with van der Waals surface area (Å²) >= 11 is 0. The Bertz CT molecular complexity index is 262. The van der Waals surface area contributed by atoms with Crippen molar-refractivity contribution < 1.29 is 0 Å². The van der Waals surface area contributed by atoms with Crippen LogP contribution in [0.5, 0.6) is 0 Å². The predicted octanol–water partition coefficient (Wildman–Crippen LogP) is 2.76. The van der Waals surface area contributed by atoms with E-state index < -0.39 is 0 Å². The largest absolute Gasteiger partial charge is 0.261 e. The Hall–Kier alpha value is -1.37. The Labute approximate surface area is 73.5 Å². The van der Waals surface area contributed by atoms with Crippen molar-refractivity contribution in [1.29, 1.82) is 0 Å². The van der Waals surface area contributed by atoms with Crippen LogP contribution in [0.1, 0.15) is 12.1 Å². The number of hydrogen-bond donors (Lipinski definition) is 0. The van der Waals surface area contributed by atoms with Gasteiger partial charge in [-0.1, -0.05) is 30.9 Å². The Morgan fingerprint density at radius 3 is 2.92 bits per heavy atom. The van der Waals surface area contributed by atoms with E-state index in [-0.39, 0.29) is 0 Å². The number of allylic oxidation sites excluding steroid dienone is 2. The molecule has 0 atom stereocenters. The third-order valence-corrected chi connectivity index (χ3v) is 1.72. The van der Waals surface area contributed by atoms with Crippen LogP contribution in [0.2, 0.25) is 0 Å². The van der Waals surface area contributed by atoms with Crippen molar-refractivity contribution in [3.63, 3.8) is 0 Å². The van der Waals surface area contributed by atoms with Gasteiger partial charge in [0.25, 0.3) is 0 Å². The van der Waals surface area contributed by atoms with E-state index in [1.54, 1.807) is 6.08 Å². The first-order valence-electron chi connectivity index (χ1n) is 4.03. The molecule has 1 aromatic heterocycles. The van der Waals surface area contributed by atoms with E-state index in [1.165, 1.54) is 0 Å². The second-order valence-electron chi connectivity index (χ2n) is 2.68. The Balaban J connectivity index is 2.43. The minimum Gasteiger partial charge on any atom is -0.261 e. The van der Waals surface area contributed by atoms with E-state index in [0.29, 0.717) is 0 Å². The van der Waals surface area contributed by atoms with Gasteiger partial charge in [0.05, 0.1) is 0 Å². The Kier molecular flexibility index (Phi) is 3.27. The van der Waals surface area contributed by atoms with Crippen molar-refractivity contribution in [2.24, 2.45) is 0 Å². The quantitative estimate of drug-likeness (QED) is 0.615. The van der Waals surface area contributed by atoms with Gasteiger partial charge >= 0.3 is 0 Å². The fraction of sp³-hybridized carbons (Fsp3) is 0.182. The second-order valence-corrected chi connectivity index (χ2v) is 2.68. The van der Waals surface area contributed by atoms with Crippen LogP contribution < -0.4 is 0 Å². The maximum Gasteiger partial charge on any atom is 0.0406 e. The van der Waals surface area contributed by atoms with Gasteiger partial charge in [0.15, 0.2) is 0 Å². The molecule has 0 spiro atoms. The van der Waals surface area contributed by atoms with E-state index in [9.17, 15) is 0 Å². The summed E-state index contributed by atoms with van der Waals surface area (Å²) < 4.78 is 0. The van der Waals surface area contributed by atoms with E-state index >= 15 is 0 Å². The maximum absolute atomic E-state index is 4.21. The lowest BCUT2D eigenvalue weighted by Gasteiger charge is -1.98. The van der Waals surface area contributed by atoms with E-state index in [4.69, 9.17) is 0 Å². The van der Waals surface area contributed by atoms with Gasteiger partial charge in [-0.2, -0.15) is 0 Å². The molecule has 0 aromatic carbocycles. The molecule has 0 saturated carbocycles. The maximum atomic E-state index is 4.21. The zero-order valence-corrected chi connectivity index (χ0v) is 7.16. The number of hydrogen-bond acceptors (Lipinski definition) is 1. The van der Waals surface area contributed by atoms with Crippen LogP contribution in [0.15, 0.2) is 49.2 Å². The monoisotopic (exact) mass is 159 g/mol. The van der Waals surface area contributed by atoms with E-state index in [1.807, 2.05) is 24.4 Å². The summed E-state index contributed by atoms with van der Waals surface area (Å²) in [5.41, 5.74) is 2.18. The van der Waals surface area contributed by atoms with Crippen LogP contribution in [-0.2, 0) is 6.42 Å². The van der Waals surface area contributed by atoms with Gasteiger partial charge in [0.1, 0.15) is 0 Å². The number of pyridine rings is 1. The molecule has 0 aliphatic rings. The van der Waals surface area contributed by atoms with Crippen LogP contribution in [0.4, 0.5) is 0 Å². The molecular formula is C11H13N. The van der Waals surface area contributed by atoms with Gasteiger partial charge < -0.3 is 0 Å². The molecule has 12 heavy (non-hydrogen) atoms. The first kappa shape index (κ1) is 8.72. The highest BCUT2D eigenvalue weighted by Crippen LogP contribution is 2.05. The summed E-state index contributed by atoms with van der Waals surface area (Å²) in [4.78, 5) is 4.21. The van der Waals surface area contributed by atoms with Gasteiger partial charge in [-0.15, -0.1) is 0 Å². The smallest absolute Gasteiger partial charge is 0.0406 e. The van der Waals surface area contributed by atoms with Gasteiger partial charge in [0, 0.05) is 11.9 Å². The van der Waals surface area contributed by atoms with Crippen LogP contribution in [0, 0.1) is 0 Å². The van der Waals surface area contributed by atoms with Crippen molar-refractivity contribution in [2.45, 2.75) is 12.8 Å². The SMILES string of the molecule is C=CC(=C)CCc1ccccn1. The van der Waals surface area contributed by atoms with Crippen molar-refractivity contribution >= 4 is 0 Å². The summed E-state index contributed by atoms with van der Waals surface area (Å²) in [6.45, 7) is 7.50. The molecule has 1 nitrogen and oxygen atoms in total. The fourth-order valence-corrected chi connectivity index (χ4v) is 0.937. The molecule has 0 amide bonds. The molecule has 62 valence electrons.